The Morgan fingerprint density at radius 2 is 0.831 bits per heavy atom. The predicted octanol–water partition coefficient (Wildman–Crippen LogP) is 12.9. The number of rotatable bonds is 17. The van der Waals surface area contributed by atoms with Gasteiger partial charge in [-0.1, -0.05) is 178 Å². The lowest BCUT2D eigenvalue weighted by atomic mass is 9.79. The van der Waals surface area contributed by atoms with Crippen LogP contribution in [-0.2, 0) is 39.4 Å². The maximum absolute atomic E-state index is 15.5. The van der Waals surface area contributed by atoms with Gasteiger partial charge >= 0.3 is 11.9 Å². The summed E-state index contributed by atoms with van der Waals surface area (Å²) in [4.78, 5) is 45.3. The quantitative estimate of drug-likeness (QED) is 0.0688. The third-order valence-electron chi connectivity index (χ3n) is 14.6. The largest absolute Gasteiger partial charge is 0.459 e. The van der Waals surface area contributed by atoms with E-state index in [1.807, 2.05) is 126 Å². The lowest BCUT2D eigenvalue weighted by Gasteiger charge is -2.40. The van der Waals surface area contributed by atoms with Crippen LogP contribution >= 0.6 is 0 Å². The van der Waals surface area contributed by atoms with Gasteiger partial charge in [0.15, 0.2) is 8.32 Å². The number of benzene rings is 6. The molecule has 0 aliphatic heterocycles. The Hall–Kier alpha value is -5.97. The molecule has 9 heteroatoms. The molecule has 71 heavy (non-hydrogen) atoms. The molecule has 6 aromatic carbocycles. The van der Waals surface area contributed by atoms with E-state index in [-0.39, 0.29) is 36.7 Å². The van der Waals surface area contributed by atoms with Crippen LogP contribution < -0.4 is 10.6 Å². The summed E-state index contributed by atoms with van der Waals surface area (Å²) in [7, 11) is -2.43. The highest BCUT2D eigenvalue weighted by molar-refractivity contribution is 6.74. The smallest absolute Gasteiger partial charge is 0.323 e. The third kappa shape index (κ3) is 10.4. The third-order valence-corrected chi connectivity index (χ3v) is 19.1. The van der Waals surface area contributed by atoms with Gasteiger partial charge in [0.1, 0.15) is 29.1 Å². The van der Waals surface area contributed by atoms with Crippen molar-refractivity contribution in [3.05, 3.63) is 191 Å². The molecule has 0 saturated carbocycles. The molecule has 0 saturated heterocycles. The van der Waals surface area contributed by atoms with Crippen LogP contribution in [-0.4, -0.2) is 55.9 Å². The number of hydrogen-bond donors (Lipinski definition) is 2. The maximum atomic E-state index is 15.5. The van der Waals surface area contributed by atoms with Crippen LogP contribution in [0.4, 0.5) is 0 Å². The van der Waals surface area contributed by atoms with E-state index in [1.54, 1.807) is 0 Å². The number of Topliss-reactive ketones (excluding diaryl/α,β-unsaturated/α-hetero) is 1. The molecule has 0 spiro atoms. The molecule has 0 unspecified atom stereocenters. The first-order chi connectivity index (χ1) is 33.6. The van der Waals surface area contributed by atoms with Crippen molar-refractivity contribution < 1.29 is 28.3 Å². The average molecular weight is 969 g/mol. The summed E-state index contributed by atoms with van der Waals surface area (Å²) >= 11 is 0. The van der Waals surface area contributed by atoms with Gasteiger partial charge in [0.2, 0.25) is 0 Å². The number of carbonyl (C=O) groups excluding carboxylic acids is 3. The molecule has 8 rings (SSSR count). The van der Waals surface area contributed by atoms with Gasteiger partial charge in [0.05, 0.1) is 11.1 Å². The van der Waals surface area contributed by atoms with E-state index in [4.69, 9.17) is 13.9 Å². The van der Waals surface area contributed by atoms with Crippen molar-refractivity contribution in [3.8, 4) is 22.3 Å². The number of carbonyl (C=O) groups is 3. The Morgan fingerprint density at radius 3 is 1.20 bits per heavy atom. The van der Waals surface area contributed by atoms with Crippen LogP contribution in [0.5, 0.6) is 0 Å². The van der Waals surface area contributed by atoms with Gasteiger partial charge in [-0.25, -0.2) is 0 Å². The van der Waals surface area contributed by atoms with E-state index in [2.05, 4.69) is 117 Å². The highest BCUT2D eigenvalue weighted by Crippen LogP contribution is 2.53. The average Bonchev–Trinajstić information content (AvgIpc) is 3.78. The van der Waals surface area contributed by atoms with Crippen molar-refractivity contribution in [2.45, 2.75) is 134 Å². The molecular formula is C62H72N2O6Si. The summed E-state index contributed by atoms with van der Waals surface area (Å²) in [5.74, 6) is -1.79. The Morgan fingerprint density at radius 1 is 0.493 bits per heavy atom. The molecule has 6 aromatic rings. The van der Waals surface area contributed by atoms with Gasteiger partial charge in [0, 0.05) is 18.9 Å². The minimum Gasteiger partial charge on any atom is -0.459 e. The number of esters is 2. The zero-order chi connectivity index (χ0) is 51.0. The summed E-state index contributed by atoms with van der Waals surface area (Å²) in [5, 5.41) is 7.67. The van der Waals surface area contributed by atoms with Crippen LogP contribution in [0.15, 0.2) is 158 Å². The van der Waals surface area contributed by atoms with E-state index in [1.165, 1.54) is 0 Å². The lowest BCUT2D eigenvalue weighted by molar-refractivity contribution is -0.159. The molecule has 0 aromatic heterocycles. The first-order valence-corrected chi connectivity index (χ1v) is 28.1. The van der Waals surface area contributed by atoms with Gasteiger partial charge in [-0.15, -0.1) is 0 Å². The van der Waals surface area contributed by atoms with Crippen molar-refractivity contribution >= 4 is 26.0 Å². The van der Waals surface area contributed by atoms with Crippen LogP contribution in [0.3, 0.4) is 0 Å². The highest BCUT2D eigenvalue weighted by atomic mass is 28.4. The first-order valence-electron chi connectivity index (χ1n) is 25.2. The molecular weight excluding hydrogens is 897 g/mol. The second-order valence-corrected chi connectivity index (χ2v) is 27.7. The van der Waals surface area contributed by atoms with Crippen LogP contribution in [0.2, 0.25) is 18.1 Å². The second kappa shape index (κ2) is 19.9. The van der Waals surface area contributed by atoms with E-state index < -0.39 is 60.5 Å². The molecule has 0 amide bonds. The zero-order valence-electron chi connectivity index (χ0n) is 43.5. The van der Waals surface area contributed by atoms with Crippen LogP contribution in [0.1, 0.15) is 115 Å². The summed E-state index contributed by atoms with van der Waals surface area (Å²) in [6, 6.07) is 51.8. The molecule has 2 aliphatic rings. The van der Waals surface area contributed by atoms with E-state index in [0.717, 1.165) is 55.6 Å². The molecule has 8 nitrogen and oxygen atoms in total. The van der Waals surface area contributed by atoms with Crippen molar-refractivity contribution in [3.63, 3.8) is 0 Å². The Bertz CT molecular complexity index is 2780. The standard InChI is InChI=1S/C62H72N2O6Si/c1-58(2,3)69-56(66)53(63-61(43-26-14-12-15-27-43)49-34-22-18-30-45(49)46-31-19-23-35-50(46)61)38-39-55(65)42(41-68-71(10,11)60(7,8)9)40-54(57(67)70-59(4,5)6)64-62(44-28-16-13-17-29-44)51-36-24-20-32-47(51)48-33-21-25-37-52(48)62/h12-37,42,53-54,63-64H,38-41H2,1-11H3/t42-,53+,54+/m1/s1. The fourth-order valence-corrected chi connectivity index (χ4v) is 11.3. The number of hydrogen-bond acceptors (Lipinski definition) is 8. The van der Waals surface area contributed by atoms with E-state index >= 15 is 9.59 Å². The monoisotopic (exact) mass is 969 g/mol. The Kier molecular flexibility index (Phi) is 14.4. The number of nitrogens with one attached hydrogen (secondary N) is 2. The molecule has 3 atom stereocenters. The normalized spacial score (nSPS) is 15.9. The number of fused-ring (bicyclic) bond motifs is 6. The van der Waals surface area contributed by atoms with Crippen molar-refractivity contribution in [2.24, 2.45) is 5.92 Å². The fourth-order valence-electron chi connectivity index (χ4n) is 10.3. The number of ether oxygens (including phenoxy) is 2. The topological polar surface area (TPSA) is 103 Å². The van der Waals surface area contributed by atoms with Gasteiger partial charge < -0.3 is 13.9 Å². The van der Waals surface area contributed by atoms with Gasteiger partial charge in [-0.3, -0.25) is 25.0 Å². The molecule has 0 fully saturated rings. The maximum Gasteiger partial charge on any atom is 0.323 e. The van der Waals surface area contributed by atoms with E-state index in [9.17, 15) is 4.79 Å². The minimum atomic E-state index is -2.43. The SMILES string of the molecule is CC(C)(C)OC(=O)[C@H](CCC(=O)[C@@H](CO[Si](C)(C)C(C)(C)C)C[C@H](NC1(c2ccccc2)c2ccccc2-c2ccccc21)C(=O)OC(C)(C)C)NC1(c2ccccc2)c2ccccc2-c2ccccc21. The van der Waals surface area contributed by atoms with Crippen molar-refractivity contribution in [1.29, 1.82) is 0 Å². The van der Waals surface area contributed by atoms with Crippen molar-refractivity contribution in [1.82, 2.24) is 10.6 Å². The van der Waals surface area contributed by atoms with E-state index in [0.29, 0.717) is 0 Å². The van der Waals surface area contributed by atoms with Gasteiger partial charge in [0.25, 0.3) is 0 Å². The van der Waals surface area contributed by atoms with Crippen LogP contribution in [0.25, 0.3) is 22.3 Å². The summed E-state index contributed by atoms with van der Waals surface area (Å²) < 4.78 is 19.5. The molecule has 0 heterocycles. The molecule has 2 N–H and O–H groups in total. The summed E-state index contributed by atoms with van der Waals surface area (Å²) in [6.45, 7) is 22.2. The van der Waals surface area contributed by atoms with Crippen LogP contribution in [0, 0.1) is 5.92 Å². The zero-order valence-corrected chi connectivity index (χ0v) is 44.5. The summed E-state index contributed by atoms with van der Waals surface area (Å²) in [6.07, 6.45) is 0.218. The Labute approximate surface area is 423 Å². The molecule has 2 aliphatic carbocycles. The fraction of sp³-hybridized carbons (Fsp3) is 0.371. The summed E-state index contributed by atoms with van der Waals surface area (Å²) in [5.41, 5.74) is 6.70. The Balaban J connectivity index is 1.21. The molecule has 370 valence electrons. The van der Waals surface area contributed by atoms with Gasteiger partial charge in [-0.2, -0.15) is 0 Å². The molecule has 0 radical (unpaired) electrons. The predicted molar refractivity (Wildman–Crippen MR) is 287 cm³/mol. The number of ketones is 1. The van der Waals surface area contributed by atoms with Crippen molar-refractivity contribution in [2.75, 3.05) is 6.61 Å². The minimum absolute atomic E-state index is 0.00708. The second-order valence-electron chi connectivity index (χ2n) is 22.9. The first kappa shape index (κ1) is 51.4. The highest BCUT2D eigenvalue weighted by Gasteiger charge is 2.50. The molecule has 0 bridgehead atoms. The lowest BCUT2D eigenvalue weighted by Crippen LogP contribution is -2.54. The van der Waals surface area contributed by atoms with Gasteiger partial charge in [-0.05, 0) is 128 Å².